The minimum atomic E-state index is 0.0603. The molecule has 2 N–H and O–H groups in total. The van der Waals surface area contributed by atoms with Crippen LogP contribution in [0.3, 0.4) is 0 Å². The molecule has 0 bridgehead atoms. The number of thiazole rings is 1. The maximum Gasteiger partial charge on any atom is 0.240 e. The first-order valence-electron chi connectivity index (χ1n) is 8.25. The van der Waals surface area contributed by atoms with Crippen molar-refractivity contribution < 1.29 is 4.79 Å². The van der Waals surface area contributed by atoms with Crippen LogP contribution in [0.4, 0.5) is 5.13 Å². The Hall–Kier alpha value is -0.980. The monoisotopic (exact) mass is 324 g/mol. The van der Waals surface area contributed by atoms with E-state index in [9.17, 15) is 4.79 Å². The van der Waals surface area contributed by atoms with Gasteiger partial charge in [0.15, 0.2) is 5.13 Å². The van der Waals surface area contributed by atoms with Gasteiger partial charge in [0.05, 0.1) is 12.2 Å². The van der Waals surface area contributed by atoms with Crippen molar-refractivity contribution in [1.82, 2.24) is 15.2 Å². The van der Waals surface area contributed by atoms with Crippen LogP contribution in [-0.4, -0.2) is 49.0 Å². The molecule has 2 rings (SSSR count). The molecule has 5 nitrogen and oxygen atoms in total. The summed E-state index contributed by atoms with van der Waals surface area (Å²) in [4.78, 5) is 20.1. The Labute approximate surface area is 137 Å². The van der Waals surface area contributed by atoms with Crippen LogP contribution in [0.5, 0.6) is 0 Å². The van der Waals surface area contributed by atoms with Crippen LogP contribution in [0.2, 0.25) is 0 Å². The molecule has 1 saturated heterocycles. The highest BCUT2D eigenvalue weighted by Crippen LogP contribution is 2.23. The minimum Gasteiger partial charge on any atom is -0.320 e. The molecule has 1 amide bonds. The van der Waals surface area contributed by atoms with Crippen molar-refractivity contribution in [2.75, 3.05) is 38.5 Å². The zero-order valence-corrected chi connectivity index (χ0v) is 14.8. The lowest BCUT2D eigenvalue weighted by atomic mass is 9.93. The molecule has 1 aliphatic heterocycles. The van der Waals surface area contributed by atoms with Crippen LogP contribution in [-0.2, 0) is 11.2 Å². The molecule has 0 aliphatic carbocycles. The Morgan fingerprint density at radius 3 is 2.73 bits per heavy atom. The summed E-state index contributed by atoms with van der Waals surface area (Å²) in [5, 5.41) is 6.90. The predicted octanol–water partition coefficient (Wildman–Crippen LogP) is 2.27. The van der Waals surface area contributed by atoms with E-state index in [0.29, 0.717) is 6.54 Å². The van der Waals surface area contributed by atoms with E-state index < -0.39 is 0 Å². The Balaban J connectivity index is 1.73. The van der Waals surface area contributed by atoms with Gasteiger partial charge in [-0.3, -0.25) is 9.69 Å². The van der Waals surface area contributed by atoms with E-state index in [1.807, 2.05) is 7.05 Å². The molecule has 1 aromatic rings. The van der Waals surface area contributed by atoms with Crippen molar-refractivity contribution in [3.63, 3.8) is 0 Å². The topological polar surface area (TPSA) is 57.3 Å². The summed E-state index contributed by atoms with van der Waals surface area (Å²) < 4.78 is 0. The number of aryl methyl sites for hydroxylation is 2. The Kier molecular flexibility index (Phi) is 6.79. The molecule has 0 spiro atoms. The van der Waals surface area contributed by atoms with Crippen molar-refractivity contribution >= 4 is 22.4 Å². The number of carbonyl (C=O) groups is 1. The second kappa shape index (κ2) is 8.60. The second-order valence-corrected chi connectivity index (χ2v) is 7.24. The third-order valence-corrected chi connectivity index (χ3v) is 5.28. The Bertz CT molecular complexity index is 480. The molecule has 1 fully saturated rings. The first-order valence-corrected chi connectivity index (χ1v) is 9.07. The number of aromatic nitrogens is 1. The fourth-order valence-electron chi connectivity index (χ4n) is 2.95. The maximum atomic E-state index is 12.1. The number of anilines is 1. The van der Waals surface area contributed by atoms with Crippen LogP contribution >= 0.6 is 11.3 Å². The third kappa shape index (κ3) is 5.04. The highest BCUT2D eigenvalue weighted by atomic mass is 32.1. The van der Waals surface area contributed by atoms with Gasteiger partial charge in [0.1, 0.15) is 0 Å². The van der Waals surface area contributed by atoms with Gasteiger partial charge in [-0.15, -0.1) is 11.3 Å². The van der Waals surface area contributed by atoms with Gasteiger partial charge in [0.25, 0.3) is 0 Å². The lowest BCUT2D eigenvalue weighted by molar-refractivity contribution is -0.117. The summed E-state index contributed by atoms with van der Waals surface area (Å²) in [6.07, 6.45) is 4.56. The minimum absolute atomic E-state index is 0.0603. The molecule has 124 valence electrons. The number of nitrogens with one attached hydrogen (secondary N) is 2. The average Bonchev–Trinajstić information content (AvgIpc) is 2.86. The lowest BCUT2D eigenvalue weighted by Crippen LogP contribution is -2.39. The molecule has 0 unspecified atom stereocenters. The van der Waals surface area contributed by atoms with E-state index >= 15 is 0 Å². The van der Waals surface area contributed by atoms with Crippen molar-refractivity contribution in [1.29, 1.82) is 0 Å². The van der Waals surface area contributed by atoms with E-state index in [1.54, 1.807) is 11.3 Å². The molecule has 0 radical (unpaired) electrons. The highest BCUT2D eigenvalue weighted by molar-refractivity contribution is 7.15. The van der Waals surface area contributed by atoms with E-state index in [0.717, 1.165) is 42.8 Å². The molecular weight excluding hydrogens is 296 g/mol. The van der Waals surface area contributed by atoms with E-state index in [-0.39, 0.29) is 5.91 Å². The molecule has 1 aliphatic rings. The SMILES string of the molecule is CCc1nc(NC(=O)CN2CCC(CCNC)CC2)sc1C. The predicted molar refractivity (Wildman–Crippen MR) is 92.6 cm³/mol. The summed E-state index contributed by atoms with van der Waals surface area (Å²) in [5.74, 6) is 0.866. The molecule has 22 heavy (non-hydrogen) atoms. The Morgan fingerprint density at radius 2 is 2.14 bits per heavy atom. The summed E-state index contributed by atoms with van der Waals surface area (Å²) in [5.41, 5.74) is 1.09. The number of hydrogen-bond donors (Lipinski definition) is 2. The first-order chi connectivity index (χ1) is 10.6. The van der Waals surface area contributed by atoms with Gasteiger partial charge >= 0.3 is 0 Å². The number of piperidine rings is 1. The van der Waals surface area contributed by atoms with Gasteiger partial charge in [0.2, 0.25) is 5.91 Å². The molecule has 0 atom stereocenters. The van der Waals surface area contributed by atoms with Crippen LogP contribution in [0.1, 0.15) is 36.8 Å². The van der Waals surface area contributed by atoms with Gasteiger partial charge in [-0.05, 0) is 65.2 Å². The first kappa shape index (κ1) is 17.4. The van der Waals surface area contributed by atoms with Crippen molar-refractivity contribution in [2.45, 2.75) is 39.5 Å². The maximum absolute atomic E-state index is 12.1. The standard InChI is InChI=1S/C16H28N4OS/c1-4-14-12(2)22-16(18-14)19-15(21)11-20-9-6-13(7-10-20)5-8-17-3/h13,17H,4-11H2,1-3H3,(H,18,19,21). The molecule has 1 aromatic heterocycles. The zero-order chi connectivity index (χ0) is 15.9. The van der Waals surface area contributed by atoms with Crippen LogP contribution < -0.4 is 10.6 Å². The average molecular weight is 324 g/mol. The molecule has 0 aromatic carbocycles. The number of amides is 1. The van der Waals surface area contributed by atoms with E-state index in [1.165, 1.54) is 24.1 Å². The zero-order valence-electron chi connectivity index (χ0n) is 13.9. The fraction of sp³-hybridized carbons (Fsp3) is 0.750. The van der Waals surface area contributed by atoms with Crippen LogP contribution in [0, 0.1) is 12.8 Å². The normalized spacial score (nSPS) is 16.9. The summed E-state index contributed by atoms with van der Waals surface area (Å²) in [7, 11) is 2.00. The quantitative estimate of drug-likeness (QED) is 0.808. The Morgan fingerprint density at radius 1 is 1.41 bits per heavy atom. The summed E-state index contributed by atoms with van der Waals surface area (Å²) in [6, 6.07) is 0. The van der Waals surface area contributed by atoms with Crippen molar-refractivity contribution in [3.8, 4) is 0 Å². The molecule has 6 heteroatoms. The number of nitrogens with zero attached hydrogens (tertiary/aromatic N) is 2. The lowest BCUT2D eigenvalue weighted by Gasteiger charge is -2.31. The van der Waals surface area contributed by atoms with E-state index in [4.69, 9.17) is 0 Å². The van der Waals surface area contributed by atoms with Gasteiger partial charge in [-0.25, -0.2) is 4.98 Å². The van der Waals surface area contributed by atoms with Gasteiger partial charge < -0.3 is 10.6 Å². The third-order valence-electron chi connectivity index (χ3n) is 4.35. The number of carbonyl (C=O) groups excluding carboxylic acids is 1. The fourth-order valence-corrected chi connectivity index (χ4v) is 3.87. The highest BCUT2D eigenvalue weighted by Gasteiger charge is 2.20. The smallest absolute Gasteiger partial charge is 0.240 e. The number of likely N-dealkylation sites (tertiary alicyclic amines) is 1. The number of hydrogen-bond acceptors (Lipinski definition) is 5. The molecular formula is C16H28N4OS. The number of rotatable bonds is 7. The van der Waals surface area contributed by atoms with Crippen molar-refractivity contribution in [2.24, 2.45) is 5.92 Å². The van der Waals surface area contributed by atoms with Crippen LogP contribution in [0.15, 0.2) is 0 Å². The molecule has 2 heterocycles. The van der Waals surface area contributed by atoms with Gasteiger partial charge in [-0.2, -0.15) is 0 Å². The summed E-state index contributed by atoms with van der Waals surface area (Å²) in [6.45, 7) is 7.78. The van der Waals surface area contributed by atoms with Gasteiger partial charge in [-0.1, -0.05) is 6.92 Å². The van der Waals surface area contributed by atoms with Crippen LogP contribution in [0.25, 0.3) is 0 Å². The summed E-state index contributed by atoms with van der Waals surface area (Å²) >= 11 is 1.57. The second-order valence-electron chi connectivity index (χ2n) is 6.04. The largest absolute Gasteiger partial charge is 0.320 e. The van der Waals surface area contributed by atoms with Gasteiger partial charge in [0, 0.05) is 4.88 Å². The van der Waals surface area contributed by atoms with E-state index in [2.05, 4.69) is 34.4 Å². The molecule has 0 saturated carbocycles. The van der Waals surface area contributed by atoms with Crippen molar-refractivity contribution in [3.05, 3.63) is 10.6 Å².